The van der Waals surface area contributed by atoms with Gasteiger partial charge in [-0.15, -0.1) is 0 Å². The van der Waals surface area contributed by atoms with E-state index < -0.39 is 27.6 Å². The van der Waals surface area contributed by atoms with E-state index in [9.17, 15) is 22.3 Å². The Hall–Kier alpha value is -2.83. The second kappa shape index (κ2) is 8.04. The summed E-state index contributed by atoms with van der Waals surface area (Å²) in [6.07, 6.45) is 2.01. The standard InChI is InChI=1S/C22H18F2O3S/c1-15(25)20-13-16(7-9-17-10-11-18(23)14-21(17)24)8-12-22(20)28(26,27)19-5-3-2-4-6-19/h2-15,25H,1H3/b9-7+. The molecule has 6 heteroatoms. The molecule has 0 aromatic heterocycles. The van der Waals surface area contributed by atoms with Crippen LogP contribution < -0.4 is 0 Å². The topological polar surface area (TPSA) is 54.4 Å². The quantitative estimate of drug-likeness (QED) is 0.612. The molecule has 0 amide bonds. The van der Waals surface area contributed by atoms with E-state index >= 15 is 0 Å². The Kier molecular flexibility index (Phi) is 5.72. The first-order valence-corrected chi connectivity index (χ1v) is 10.0. The predicted molar refractivity (Wildman–Crippen MR) is 104 cm³/mol. The fourth-order valence-corrected chi connectivity index (χ4v) is 4.35. The molecule has 0 saturated carbocycles. The maximum atomic E-state index is 13.8. The van der Waals surface area contributed by atoms with Crippen molar-refractivity contribution in [2.75, 3.05) is 0 Å². The fraction of sp³-hybridized carbons (Fsp3) is 0.0909. The van der Waals surface area contributed by atoms with Crippen LogP contribution in [-0.4, -0.2) is 13.5 Å². The van der Waals surface area contributed by atoms with Crippen LogP contribution in [0.2, 0.25) is 0 Å². The van der Waals surface area contributed by atoms with Crippen LogP contribution in [0.3, 0.4) is 0 Å². The molecule has 3 aromatic carbocycles. The summed E-state index contributed by atoms with van der Waals surface area (Å²) >= 11 is 0. The molecule has 28 heavy (non-hydrogen) atoms. The maximum Gasteiger partial charge on any atom is 0.206 e. The number of halogens is 2. The summed E-state index contributed by atoms with van der Waals surface area (Å²) in [7, 11) is -3.80. The van der Waals surface area contributed by atoms with Crippen LogP contribution in [0.4, 0.5) is 8.78 Å². The highest BCUT2D eigenvalue weighted by Gasteiger charge is 2.23. The molecule has 0 aliphatic heterocycles. The van der Waals surface area contributed by atoms with Gasteiger partial charge < -0.3 is 5.11 Å². The Morgan fingerprint density at radius 2 is 1.64 bits per heavy atom. The number of aliphatic hydroxyl groups excluding tert-OH is 1. The molecular formula is C22H18F2O3S. The first kappa shape index (κ1) is 19.9. The normalized spacial score (nSPS) is 13.0. The van der Waals surface area contributed by atoms with Gasteiger partial charge in [-0.3, -0.25) is 0 Å². The van der Waals surface area contributed by atoms with Gasteiger partial charge in [-0.05, 0) is 54.4 Å². The van der Waals surface area contributed by atoms with E-state index in [1.165, 1.54) is 37.3 Å². The smallest absolute Gasteiger partial charge is 0.206 e. The molecule has 3 nitrogen and oxygen atoms in total. The van der Waals surface area contributed by atoms with Gasteiger partial charge >= 0.3 is 0 Å². The third-order valence-corrected chi connectivity index (χ3v) is 6.09. The van der Waals surface area contributed by atoms with Gasteiger partial charge in [0.05, 0.1) is 15.9 Å². The number of benzene rings is 3. The van der Waals surface area contributed by atoms with Gasteiger partial charge in [0.15, 0.2) is 0 Å². The molecule has 0 fully saturated rings. The molecule has 0 aliphatic carbocycles. The minimum absolute atomic E-state index is 0.0128. The predicted octanol–water partition coefficient (Wildman–Crippen LogP) is 5.02. The van der Waals surface area contributed by atoms with Gasteiger partial charge in [0.25, 0.3) is 0 Å². The van der Waals surface area contributed by atoms with Gasteiger partial charge in [-0.2, -0.15) is 0 Å². The van der Waals surface area contributed by atoms with Gasteiger partial charge in [0.1, 0.15) is 11.6 Å². The Balaban J connectivity index is 2.01. The number of aliphatic hydroxyl groups is 1. The van der Waals surface area contributed by atoms with E-state index in [1.54, 1.807) is 36.4 Å². The average Bonchev–Trinajstić information content (AvgIpc) is 2.67. The highest BCUT2D eigenvalue weighted by molar-refractivity contribution is 7.91. The SMILES string of the molecule is CC(O)c1cc(/C=C/c2ccc(F)cc2F)ccc1S(=O)(=O)c1ccccc1. The number of hydrogen-bond donors (Lipinski definition) is 1. The van der Waals surface area contributed by atoms with Crippen LogP contribution in [0.15, 0.2) is 76.5 Å². The molecule has 1 atom stereocenters. The van der Waals surface area contributed by atoms with Crippen molar-refractivity contribution in [3.05, 3.63) is 95.1 Å². The molecule has 0 heterocycles. The lowest BCUT2D eigenvalue weighted by atomic mass is 10.1. The highest BCUT2D eigenvalue weighted by Crippen LogP contribution is 2.29. The van der Waals surface area contributed by atoms with Crippen LogP contribution >= 0.6 is 0 Å². The number of sulfone groups is 1. The molecule has 3 aromatic rings. The second-order valence-corrected chi connectivity index (χ2v) is 8.21. The summed E-state index contributed by atoms with van der Waals surface area (Å²) in [5.41, 5.74) is 1.01. The molecule has 0 spiro atoms. The Morgan fingerprint density at radius 1 is 0.929 bits per heavy atom. The lowest BCUT2D eigenvalue weighted by molar-refractivity contribution is 0.196. The summed E-state index contributed by atoms with van der Waals surface area (Å²) in [4.78, 5) is 0.146. The van der Waals surface area contributed by atoms with Gasteiger partial charge in [0, 0.05) is 11.6 Å². The molecule has 3 rings (SSSR count). The van der Waals surface area contributed by atoms with Crippen molar-refractivity contribution in [2.45, 2.75) is 22.8 Å². The van der Waals surface area contributed by atoms with Crippen LogP contribution in [0.5, 0.6) is 0 Å². The van der Waals surface area contributed by atoms with E-state index in [-0.39, 0.29) is 20.9 Å². The summed E-state index contributed by atoms with van der Waals surface area (Å²) in [5, 5.41) is 10.1. The zero-order chi connectivity index (χ0) is 20.3. The Labute approximate surface area is 162 Å². The highest BCUT2D eigenvalue weighted by atomic mass is 32.2. The summed E-state index contributed by atoms with van der Waals surface area (Å²) in [6.45, 7) is 1.48. The zero-order valence-corrected chi connectivity index (χ0v) is 15.8. The number of hydrogen-bond acceptors (Lipinski definition) is 3. The summed E-state index contributed by atoms with van der Waals surface area (Å²) < 4.78 is 52.6. The maximum absolute atomic E-state index is 13.8. The second-order valence-electron chi connectivity index (χ2n) is 6.29. The monoisotopic (exact) mass is 400 g/mol. The van der Waals surface area contributed by atoms with Crippen molar-refractivity contribution in [1.29, 1.82) is 0 Å². The minimum atomic E-state index is -3.80. The van der Waals surface area contributed by atoms with Crippen LogP contribution in [0.25, 0.3) is 12.2 Å². The largest absolute Gasteiger partial charge is 0.389 e. The van der Waals surface area contributed by atoms with Crippen molar-refractivity contribution in [3.8, 4) is 0 Å². The minimum Gasteiger partial charge on any atom is -0.389 e. The third-order valence-electron chi connectivity index (χ3n) is 4.24. The Bertz CT molecular complexity index is 1120. The van der Waals surface area contributed by atoms with E-state index in [1.807, 2.05) is 0 Å². The zero-order valence-electron chi connectivity index (χ0n) is 15.0. The van der Waals surface area contributed by atoms with E-state index in [2.05, 4.69) is 0 Å². The fourth-order valence-electron chi connectivity index (χ4n) is 2.79. The molecule has 1 N–H and O–H groups in total. The van der Waals surface area contributed by atoms with Crippen LogP contribution in [0, 0.1) is 11.6 Å². The van der Waals surface area contributed by atoms with E-state index in [4.69, 9.17) is 0 Å². The third kappa shape index (κ3) is 4.18. The van der Waals surface area contributed by atoms with Crippen molar-refractivity contribution >= 4 is 22.0 Å². The number of rotatable bonds is 5. The summed E-state index contributed by atoms with van der Waals surface area (Å²) in [5.74, 6) is -1.36. The molecular weight excluding hydrogens is 382 g/mol. The molecule has 1 unspecified atom stereocenters. The van der Waals surface area contributed by atoms with Crippen molar-refractivity contribution in [1.82, 2.24) is 0 Å². The van der Waals surface area contributed by atoms with Crippen molar-refractivity contribution in [3.63, 3.8) is 0 Å². The van der Waals surface area contributed by atoms with Gasteiger partial charge in [-0.1, -0.05) is 36.4 Å². The molecule has 144 valence electrons. The van der Waals surface area contributed by atoms with Crippen molar-refractivity contribution in [2.24, 2.45) is 0 Å². The molecule has 0 aliphatic rings. The Morgan fingerprint density at radius 3 is 2.29 bits per heavy atom. The van der Waals surface area contributed by atoms with Gasteiger partial charge in [0.2, 0.25) is 9.84 Å². The first-order chi connectivity index (χ1) is 13.3. The lowest BCUT2D eigenvalue weighted by Gasteiger charge is -2.14. The van der Waals surface area contributed by atoms with Crippen molar-refractivity contribution < 1.29 is 22.3 Å². The van der Waals surface area contributed by atoms with E-state index in [0.29, 0.717) is 5.56 Å². The molecule has 0 saturated heterocycles. The lowest BCUT2D eigenvalue weighted by Crippen LogP contribution is -2.08. The van der Waals surface area contributed by atoms with Crippen LogP contribution in [-0.2, 0) is 9.84 Å². The van der Waals surface area contributed by atoms with Crippen LogP contribution in [0.1, 0.15) is 29.7 Å². The molecule has 0 bridgehead atoms. The summed E-state index contributed by atoms with van der Waals surface area (Å²) in [6, 6.07) is 15.7. The average molecular weight is 400 g/mol. The first-order valence-electron chi connectivity index (χ1n) is 8.54. The molecule has 0 radical (unpaired) electrons. The van der Waals surface area contributed by atoms with E-state index in [0.717, 1.165) is 12.1 Å². The van der Waals surface area contributed by atoms with Gasteiger partial charge in [-0.25, -0.2) is 17.2 Å².